The van der Waals surface area contributed by atoms with Gasteiger partial charge in [0.05, 0.1) is 13.2 Å². The first-order valence-corrected chi connectivity index (χ1v) is 7.64. The van der Waals surface area contributed by atoms with Gasteiger partial charge in [-0.15, -0.1) is 0 Å². The third-order valence-corrected chi connectivity index (χ3v) is 3.60. The molecule has 0 spiro atoms. The lowest BCUT2D eigenvalue weighted by molar-refractivity contribution is -0.137. The van der Waals surface area contributed by atoms with Crippen molar-refractivity contribution in [1.82, 2.24) is 15.8 Å². The fourth-order valence-corrected chi connectivity index (χ4v) is 2.18. The Morgan fingerprint density at radius 2 is 1.70 bits per heavy atom. The van der Waals surface area contributed by atoms with Gasteiger partial charge in [-0.3, -0.25) is 25.2 Å². The third-order valence-electron chi connectivity index (χ3n) is 3.35. The second-order valence-corrected chi connectivity index (χ2v) is 5.44. The first-order chi connectivity index (χ1) is 11.1. The molecule has 0 atom stereocenters. The zero-order valence-corrected chi connectivity index (χ0v) is 13.3. The lowest BCUT2D eigenvalue weighted by Crippen LogP contribution is -2.43. The van der Waals surface area contributed by atoms with E-state index >= 15 is 0 Å². The quantitative estimate of drug-likeness (QED) is 0.792. The molecule has 1 fully saturated rings. The van der Waals surface area contributed by atoms with Crippen LogP contribution in [0.5, 0.6) is 0 Å². The van der Waals surface area contributed by atoms with Gasteiger partial charge in [-0.2, -0.15) is 0 Å². The molecule has 1 heterocycles. The molecule has 1 aliphatic rings. The number of carbonyl (C=O) groups excluding carboxylic acids is 3. The van der Waals surface area contributed by atoms with E-state index < -0.39 is 11.8 Å². The maximum absolute atomic E-state index is 11.9. The second-order valence-electron chi connectivity index (χ2n) is 5.00. The van der Waals surface area contributed by atoms with Gasteiger partial charge in [0.15, 0.2) is 0 Å². The Hall–Kier alpha value is -2.12. The van der Waals surface area contributed by atoms with Gasteiger partial charge in [0.2, 0.25) is 11.8 Å². The van der Waals surface area contributed by atoms with Crippen LogP contribution < -0.4 is 10.9 Å². The van der Waals surface area contributed by atoms with Crippen molar-refractivity contribution < 1.29 is 19.1 Å². The molecule has 1 aromatic rings. The Labute approximate surface area is 138 Å². The van der Waals surface area contributed by atoms with Crippen molar-refractivity contribution in [3.05, 3.63) is 34.9 Å². The predicted octanol–water partition coefficient (Wildman–Crippen LogP) is 0.740. The van der Waals surface area contributed by atoms with Gasteiger partial charge >= 0.3 is 0 Å². The van der Waals surface area contributed by atoms with Crippen LogP contribution in [-0.2, 0) is 14.3 Å². The molecule has 2 rings (SSSR count). The van der Waals surface area contributed by atoms with Crippen LogP contribution in [-0.4, -0.2) is 48.9 Å². The maximum Gasteiger partial charge on any atom is 0.269 e. The van der Waals surface area contributed by atoms with Crippen molar-refractivity contribution in [2.24, 2.45) is 0 Å². The molecule has 0 aromatic heterocycles. The van der Waals surface area contributed by atoms with E-state index in [9.17, 15) is 14.4 Å². The van der Waals surface area contributed by atoms with Crippen molar-refractivity contribution in [2.75, 3.05) is 26.3 Å². The van der Waals surface area contributed by atoms with Gasteiger partial charge in [0, 0.05) is 36.5 Å². The molecule has 0 unspecified atom stereocenters. The predicted molar refractivity (Wildman–Crippen MR) is 83.7 cm³/mol. The molecule has 8 heteroatoms. The smallest absolute Gasteiger partial charge is 0.269 e. The standard InChI is InChI=1S/C15H18ClN3O4/c16-12-3-1-11(2-4-12)15(22)18-17-13(20)5-6-14(21)19-7-9-23-10-8-19/h1-4H,5-10H2,(H,17,20)(H,18,22). The molecular weight excluding hydrogens is 322 g/mol. The van der Waals surface area contributed by atoms with Crippen LogP contribution in [0, 0.1) is 0 Å². The molecule has 0 saturated carbocycles. The number of rotatable bonds is 4. The van der Waals surface area contributed by atoms with Gasteiger partial charge in [0.25, 0.3) is 5.91 Å². The minimum Gasteiger partial charge on any atom is -0.378 e. The number of carbonyl (C=O) groups is 3. The number of nitrogens with zero attached hydrogens (tertiary/aromatic N) is 1. The summed E-state index contributed by atoms with van der Waals surface area (Å²) in [5.41, 5.74) is 4.96. The second kappa shape index (κ2) is 8.50. The minimum absolute atomic E-state index is 0.0110. The van der Waals surface area contributed by atoms with E-state index in [-0.39, 0.29) is 18.7 Å². The van der Waals surface area contributed by atoms with E-state index in [0.717, 1.165) is 0 Å². The molecule has 2 N–H and O–H groups in total. The van der Waals surface area contributed by atoms with E-state index in [1.54, 1.807) is 29.2 Å². The highest BCUT2D eigenvalue weighted by molar-refractivity contribution is 6.30. The summed E-state index contributed by atoms with van der Waals surface area (Å²) in [6.07, 6.45) is 0.111. The van der Waals surface area contributed by atoms with Gasteiger partial charge in [0.1, 0.15) is 0 Å². The largest absolute Gasteiger partial charge is 0.378 e. The van der Waals surface area contributed by atoms with E-state index in [1.165, 1.54) is 0 Å². The van der Waals surface area contributed by atoms with Crippen LogP contribution in [0.2, 0.25) is 5.02 Å². The summed E-state index contributed by atoms with van der Waals surface area (Å²) < 4.78 is 5.16. The highest BCUT2D eigenvalue weighted by atomic mass is 35.5. The number of hydrogen-bond donors (Lipinski definition) is 2. The number of benzene rings is 1. The van der Waals surface area contributed by atoms with Gasteiger partial charge in [-0.1, -0.05) is 11.6 Å². The monoisotopic (exact) mass is 339 g/mol. The summed E-state index contributed by atoms with van der Waals surface area (Å²) >= 11 is 5.73. The summed E-state index contributed by atoms with van der Waals surface area (Å²) in [7, 11) is 0. The zero-order chi connectivity index (χ0) is 16.7. The number of ether oxygens (including phenoxy) is 1. The highest BCUT2D eigenvalue weighted by Crippen LogP contribution is 2.09. The number of amides is 3. The molecule has 0 bridgehead atoms. The Bertz CT molecular complexity index is 571. The summed E-state index contributed by atoms with van der Waals surface area (Å²) in [6, 6.07) is 6.26. The van der Waals surface area contributed by atoms with Crippen LogP contribution in [0.4, 0.5) is 0 Å². The number of hydrogen-bond acceptors (Lipinski definition) is 4. The molecule has 1 saturated heterocycles. The molecule has 1 aromatic carbocycles. The molecule has 1 aliphatic heterocycles. The van der Waals surface area contributed by atoms with Crippen molar-refractivity contribution in [1.29, 1.82) is 0 Å². The first-order valence-electron chi connectivity index (χ1n) is 7.26. The van der Waals surface area contributed by atoms with Crippen molar-refractivity contribution in [3.63, 3.8) is 0 Å². The lowest BCUT2D eigenvalue weighted by Gasteiger charge is -2.26. The van der Waals surface area contributed by atoms with Crippen molar-refractivity contribution >= 4 is 29.3 Å². The lowest BCUT2D eigenvalue weighted by atomic mass is 10.2. The Morgan fingerprint density at radius 1 is 1.04 bits per heavy atom. The summed E-state index contributed by atoms with van der Waals surface area (Å²) in [5, 5.41) is 0.521. The molecule has 124 valence electrons. The first kappa shape index (κ1) is 17.2. The zero-order valence-electron chi connectivity index (χ0n) is 12.5. The minimum atomic E-state index is -0.450. The van der Waals surface area contributed by atoms with Gasteiger partial charge in [-0.25, -0.2) is 0 Å². The van der Waals surface area contributed by atoms with Crippen LogP contribution in [0.3, 0.4) is 0 Å². The van der Waals surface area contributed by atoms with Crippen LogP contribution in [0.1, 0.15) is 23.2 Å². The van der Waals surface area contributed by atoms with Crippen LogP contribution in [0.25, 0.3) is 0 Å². The molecule has 23 heavy (non-hydrogen) atoms. The number of morpholine rings is 1. The van der Waals surface area contributed by atoms with Crippen LogP contribution >= 0.6 is 11.6 Å². The van der Waals surface area contributed by atoms with Crippen LogP contribution in [0.15, 0.2) is 24.3 Å². The molecule has 0 aliphatic carbocycles. The van der Waals surface area contributed by atoms with E-state index in [4.69, 9.17) is 16.3 Å². The number of hydrazine groups is 1. The number of nitrogens with one attached hydrogen (secondary N) is 2. The average Bonchev–Trinajstić information content (AvgIpc) is 2.59. The summed E-state index contributed by atoms with van der Waals surface area (Å²) in [6.45, 7) is 2.14. The normalized spacial score (nSPS) is 14.2. The fourth-order valence-electron chi connectivity index (χ4n) is 2.05. The molecule has 3 amide bonds. The fraction of sp³-hybridized carbons (Fsp3) is 0.400. The van der Waals surface area contributed by atoms with E-state index in [2.05, 4.69) is 10.9 Å². The van der Waals surface area contributed by atoms with Gasteiger partial charge in [-0.05, 0) is 24.3 Å². The average molecular weight is 340 g/mol. The Balaban J connectivity index is 1.69. The molecule has 7 nitrogen and oxygen atoms in total. The van der Waals surface area contributed by atoms with Gasteiger partial charge < -0.3 is 9.64 Å². The highest BCUT2D eigenvalue weighted by Gasteiger charge is 2.17. The Kier molecular flexibility index (Phi) is 6.37. The van der Waals surface area contributed by atoms with E-state index in [0.29, 0.717) is 36.9 Å². The molecule has 0 radical (unpaired) electrons. The van der Waals surface area contributed by atoms with Crippen molar-refractivity contribution in [3.8, 4) is 0 Å². The van der Waals surface area contributed by atoms with Crippen molar-refractivity contribution in [2.45, 2.75) is 12.8 Å². The third kappa shape index (κ3) is 5.54. The Morgan fingerprint density at radius 3 is 2.35 bits per heavy atom. The summed E-state index contributed by atoms with van der Waals surface area (Å²) in [5.74, 6) is -0.962. The van der Waals surface area contributed by atoms with E-state index in [1.807, 2.05) is 0 Å². The topological polar surface area (TPSA) is 87.7 Å². The molecular formula is C15H18ClN3O4. The number of halogens is 1. The summed E-state index contributed by atoms with van der Waals surface area (Å²) in [4.78, 5) is 37.0. The SMILES string of the molecule is O=C(CCC(=O)N1CCOCC1)NNC(=O)c1ccc(Cl)cc1. The maximum atomic E-state index is 11.9.